The molecule has 66 valence electrons. The molecule has 0 radical (unpaired) electrons. The van der Waals surface area contributed by atoms with Crippen LogP contribution < -0.4 is 0 Å². The maximum Gasteiger partial charge on any atom is 0.159 e. The minimum absolute atomic E-state index is 0.108. The molecule has 0 aliphatic heterocycles. The number of fused-ring (bicyclic) bond motifs is 1. The van der Waals surface area contributed by atoms with Gasteiger partial charge in [0.15, 0.2) is 11.5 Å². The van der Waals surface area contributed by atoms with Crippen molar-refractivity contribution in [3.8, 4) is 11.5 Å². The second-order valence-electron chi connectivity index (χ2n) is 2.99. The van der Waals surface area contributed by atoms with Crippen LogP contribution in [0.3, 0.4) is 0 Å². The lowest BCUT2D eigenvalue weighted by Gasteiger charge is -2.02. The lowest BCUT2D eigenvalue weighted by Crippen LogP contribution is -1.82. The van der Waals surface area contributed by atoms with Gasteiger partial charge in [-0.2, -0.15) is 0 Å². The molecule has 0 saturated heterocycles. The second-order valence-corrected chi connectivity index (χ2v) is 2.99. The highest BCUT2D eigenvalue weighted by Gasteiger charge is 2.03. The number of phenols is 2. The number of nitrogens with zero attached hydrogens (tertiary/aromatic N) is 1. The van der Waals surface area contributed by atoms with Crippen LogP contribution in [0.1, 0.15) is 5.56 Å². The zero-order valence-electron chi connectivity index (χ0n) is 7.15. The molecule has 2 N–H and O–H groups in total. The van der Waals surface area contributed by atoms with Crippen LogP contribution in [0.2, 0.25) is 0 Å². The highest BCUT2D eigenvalue weighted by atomic mass is 16.3. The van der Waals surface area contributed by atoms with Crippen LogP contribution in [0.25, 0.3) is 10.9 Å². The maximum absolute atomic E-state index is 9.26. The van der Waals surface area contributed by atoms with E-state index in [1.807, 2.05) is 13.0 Å². The van der Waals surface area contributed by atoms with Crippen molar-refractivity contribution in [1.29, 1.82) is 0 Å². The first-order chi connectivity index (χ1) is 6.18. The van der Waals surface area contributed by atoms with Gasteiger partial charge >= 0.3 is 0 Å². The van der Waals surface area contributed by atoms with E-state index in [9.17, 15) is 10.2 Å². The Morgan fingerprint density at radius 3 is 2.62 bits per heavy atom. The molecule has 1 aromatic carbocycles. The first-order valence-electron chi connectivity index (χ1n) is 3.96. The summed E-state index contributed by atoms with van der Waals surface area (Å²) in [5.41, 5.74) is 1.72. The molecular weight excluding hydrogens is 166 g/mol. The third-order valence-corrected chi connectivity index (χ3v) is 2.06. The Bertz CT molecular complexity index is 466. The molecule has 0 saturated carbocycles. The summed E-state index contributed by atoms with van der Waals surface area (Å²) >= 11 is 0. The van der Waals surface area contributed by atoms with Crippen LogP contribution in [0, 0.1) is 6.92 Å². The molecule has 1 heterocycles. The van der Waals surface area contributed by atoms with Gasteiger partial charge in [-0.05, 0) is 24.6 Å². The van der Waals surface area contributed by atoms with Gasteiger partial charge in [0.25, 0.3) is 0 Å². The summed E-state index contributed by atoms with van der Waals surface area (Å²) in [7, 11) is 0. The molecule has 0 aliphatic rings. The van der Waals surface area contributed by atoms with Gasteiger partial charge in [0.1, 0.15) is 0 Å². The van der Waals surface area contributed by atoms with Crippen molar-refractivity contribution < 1.29 is 10.2 Å². The van der Waals surface area contributed by atoms with Gasteiger partial charge < -0.3 is 10.2 Å². The quantitative estimate of drug-likeness (QED) is 0.602. The summed E-state index contributed by atoms with van der Waals surface area (Å²) in [5.74, 6) is -0.241. The standard InChI is InChI=1S/C10H9NO2/c1-6-2-3-11-8-5-10(13)9(12)4-7(6)8/h2-5,12-13H,1H3. The summed E-state index contributed by atoms with van der Waals surface area (Å²) in [5, 5.41) is 19.3. The van der Waals surface area contributed by atoms with Gasteiger partial charge in [-0.15, -0.1) is 0 Å². The fourth-order valence-corrected chi connectivity index (χ4v) is 1.31. The topological polar surface area (TPSA) is 53.4 Å². The number of pyridine rings is 1. The first-order valence-corrected chi connectivity index (χ1v) is 3.96. The monoisotopic (exact) mass is 175 g/mol. The third-order valence-electron chi connectivity index (χ3n) is 2.06. The Balaban J connectivity index is 2.89. The van der Waals surface area contributed by atoms with E-state index < -0.39 is 0 Å². The number of aryl methyl sites for hydroxylation is 1. The van der Waals surface area contributed by atoms with E-state index in [-0.39, 0.29) is 11.5 Å². The molecule has 2 rings (SSSR count). The van der Waals surface area contributed by atoms with Crippen LogP contribution in [0.15, 0.2) is 24.4 Å². The molecule has 0 amide bonds. The van der Waals surface area contributed by atoms with Crippen molar-refractivity contribution in [2.75, 3.05) is 0 Å². The molecule has 0 spiro atoms. The van der Waals surface area contributed by atoms with E-state index in [4.69, 9.17) is 0 Å². The smallest absolute Gasteiger partial charge is 0.159 e. The normalized spacial score (nSPS) is 10.5. The lowest BCUT2D eigenvalue weighted by molar-refractivity contribution is 0.405. The Morgan fingerprint density at radius 1 is 1.15 bits per heavy atom. The fraction of sp³-hybridized carbons (Fsp3) is 0.100. The van der Waals surface area contributed by atoms with Gasteiger partial charge in [0, 0.05) is 17.6 Å². The number of hydrogen-bond acceptors (Lipinski definition) is 3. The molecule has 3 heteroatoms. The van der Waals surface area contributed by atoms with Gasteiger partial charge in [0.2, 0.25) is 0 Å². The van der Waals surface area contributed by atoms with Gasteiger partial charge in [-0.1, -0.05) is 0 Å². The number of rotatable bonds is 0. The third kappa shape index (κ3) is 1.18. The maximum atomic E-state index is 9.26. The largest absolute Gasteiger partial charge is 0.504 e. The Hall–Kier alpha value is -1.77. The molecular formula is C10H9NO2. The number of hydrogen-bond donors (Lipinski definition) is 2. The molecule has 0 aliphatic carbocycles. The summed E-state index contributed by atoms with van der Waals surface area (Å²) in [4.78, 5) is 4.07. The average Bonchev–Trinajstić information content (AvgIpc) is 2.09. The van der Waals surface area contributed by atoms with E-state index in [0.717, 1.165) is 10.9 Å². The average molecular weight is 175 g/mol. The zero-order chi connectivity index (χ0) is 9.42. The number of aromatic nitrogens is 1. The molecule has 2 aromatic rings. The zero-order valence-corrected chi connectivity index (χ0v) is 7.15. The molecule has 0 bridgehead atoms. The van der Waals surface area contributed by atoms with E-state index in [0.29, 0.717) is 5.52 Å². The summed E-state index contributed by atoms with van der Waals surface area (Å²) < 4.78 is 0. The molecule has 0 atom stereocenters. The van der Waals surface area contributed by atoms with Crippen molar-refractivity contribution in [2.45, 2.75) is 6.92 Å². The van der Waals surface area contributed by atoms with E-state index in [2.05, 4.69) is 4.98 Å². The number of phenolic OH excluding ortho intramolecular Hbond substituents is 2. The SMILES string of the molecule is Cc1ccnc2cc(O)c(O)cc12. The van der Waals surface area contributed by atoms with E-state index in [1.165, 1.54) is 12.1 Å². The van der Waals surface area contributed by atoms with Crippen molar-refractivity contribution in [1.82, 2.24) is 4.98 Å². The predicted molar refractivity (Wildman–Crippen MR) is 49.8 cm³/mol. The van der Waals surface area contributed by atoms with Gasteiger partial charge in [0.05, 0.1) is 5.52 Å². The van der Waals surface area contributed by atoms with Gasteiger partial charge in [-0.25, -0.2) is 0 Å². The predicted octanol–water partition coefficient (Wildman–Crippen LogP) is 1.95. The van der Waals surface area contributed by atoms with Gasteiger partial charge in [-0.3, -0.25) is 4.98 Å². The van der Waals surface area contributed by atoms with Crippen molar-refractivity contribution in [3.05, 3.63) is 30.0 Å². The van der Waals surface area contributed by atoms with Crippen LogP contribution in [0.5, 0.6) is 11.5 Å². The molecule has 3 nitrogen and oxygen atoms in total. The van der Waals surface area contributed by atoms with Crippen LogP contribution in [-0.2, 0) is 0 Å². The summed E-state index contributed by atoms with van der Waals surface area (Å²) in [6, 6.07) is 4.84. The molecule has 0 unspecified atom stereocenters. The number of benzene rings is 1. The van der Waals surface area contributed by atoms with Crippen LogP contribution in [-0.4, -0.2) is 15.2 Å². The van der Waals surface area contributed by atoms with Crippen LogP contribution in [0.4, 0.5) is 0 Å². The van der Waals surface area contributed by atoms with Crippen LogP contribution >= 0.6 is 0 Å². The van der Waals surface area contributed by atoms with E-state index in [1.54, 1.807) is 6.20 Å². The highest BCUT2D eigenvalue weighted by Crippen LogP contribution is 2.30. The molecule has 1 aromatic heterocycles. The van der Waals surface area contributed by atoms with Crippen molar-refractivity contribution in [3.63, 3.8) is 0 Å². The Labute approximate surface area is 75.3 Å². The summed E-state index contributed by atoms with van der Waals surface area (Å²) in [6.45, 7) is 1.93. The second kappa shape index (κ2) is 2.62. The number of aromatic hydroxyl groups is 2. The fourth-order valence-electron chi connectivity index (χ4n) is 1.31. The lowest BCUT2D eigenvalue weighted by atomic mass is 10.1. The van der Waals surface area contributed by atoms with Crippen molar-refractivity contribution in [2.24, 2.45) is 0 Å². The summed E-state index contributed by atoms with van der Waals surface area (Å²) in [6.07, 6.45) is 1.67. The molecule has 13 heavy (non-hydrogen) atoms. The minimum atomic E-state index is -0.134. The highest BCUT2D eigenvalue weighted by molar-refractivity contribution is 5.85. The van der Waals surface area contributed by atoms with E-state index >= 15 is 0 Å². The Morgan fingerprint density at radius 2 is 1.85 bits per heavy atom. The molecule has 0 fully saturated rings. The minimum Gasteiger partial charge on any atom is -0.504 e. The first kappa shape index (κ1) is 7.86. The van der Waals surface area contributed by atoms with Crippen molar-refractivity contribution >= 4 is 10.9 Å². The Kier molecular flexibility index (Phi) is 1.59.